The van der Waals surface area contributed by atoms with E-state index in [0.29, 0.717) is 13.0 Å². The first-order chi connectivity index (χ1) is 9.74. The number of para-hydroxylation sites is 1. The van der Waals surface area contributed by atoms with Gasteiger partial charge in [-0.1, -0.05) is 35.9 Å². The number of ether oxygens (including phenoxy) is 1. The highest BCUT2D eigenvalue weighted by Gasteiger charge is 2.05. The van der Waals surface area contributed by atoms with Crippen molar-refractivity contribution >= 4 is 18.1 Å². The van der Waals surface area contributed by atoms with Crippen LogP contribution in [0.2, 0.25) is 0 Å². The number of hydrogen-bond donors (Lipinski definition) is 2. The maximum Gasteiger partial charge on any atom is 0.119 e. The quantitative estimate of drug-likeness (QED) is 0.820. The van der Waals surface area contributed by atoms with Crippen LogP contribution in [0.5, 0.6) is 5.75 Å². The number of aliphatic hydroxyl groups is 1. The van der Waals surface area contributed by atoms with Gasteiger partial charge in [-0.2, -0.15) is 0 Å². The zero-order chi connectivity index (χ0) is 14.2. The van der Waals surface area contributed by atoms with Crippen LogP contribution in [0.15, 0.2) is 54.6 Å². The average molecular weight is 308 g/mol. The monoisotopic (exact) mass is 307 g/mol. The van der Waals surface area contributed by atoms with Gasteiger partial charge in [0.1, 0.15) is 12.4 Å². The van der Waals surface area contributed by atoms with Crippen LogP contribution in [-0.2, 0) is 0 Å². The summed E-state index contributed by atoms with van der Waals surface area (Å²) in [6.45, 7) is 3.08. The van der Waals surface area contributed by atoms with Gasteiger partial charge in [-0.3, -0.25) is 0 Å². The lowest BCUT2D eigenvalue weighted by Crippen LogP contribution is -2.21. The molecule has 2 rings (SSSR count). The van der Waals surface area contributed by atoms with E-state index in [1.165, 1.54) is 5.56 Å². The molecule has 2 aromatic carbocycles. The van der Waals surface area contributed by atoms with Crippen LogP contribution < -0.4 is 10.1 Å². The van der Waals surface area contributed by atoms with E-state index in [-0.39, 0.29) is 12.4 Å². The lowest BCUT2D eigenvalue weighted by molar-refractivity contribution is 0.103. The summed E-state index contributed by atoms with van der Waals surface area (Å²) in [5, 5.41) is 13.1. The Balaban J connectivity index is 0.00000220. The SMILES string of the molecule is Cc1ccc(OCC(O)CCNc2ccccc2)cc1.Cl. The fourth-order valence-corrected chi connectivity index (χ4v) is 1.85. The third-order valence-electron chi connectivity index (χ3n) is 3.04. The Labute approximate surface area is 132 Å². The molecule has 0 saturated heterocycles. The first kappa shape index (κ1) is 17.3. The summed E-state index contributed by atoms with van der Waals surface area (Å²) in [5.41, 5.74) is 2.27. The molecule has 0 aliphatic rings. The number of halogens is 1. The molecule has 0 amide bonds. The van der Waals surface area contributed by atoms with Gasteiger partial charge in [-0.15, -0.1) is 12.4 Å². The van der Waals surface area contributed by atoms with Crippen LogP contribution in [0.25, 0.3) is 0 Å². The highest BCUT2D eigenvalue weighted by molar-refractivity contribution is 5.85. The topological polar surface area (TPSA) is 41.5 Å². The van der Waals surface area contributed by atoms with E-state index in [1.54, 1.807) is 0 Å². The lowest BCUT2D eigenvalue weighted by Gasteiger charge is -2.13. The van der Waals surface area contributed by atoms with E-state index in [0.717, 1.165) is 18.0 Å². The van der Waals surface area contributed by atoms with Crippen molar-refractivity contribution in [2.45, 2.75) is 19.4 Å². The van der Waals surface area contributed by atoms with Crippen molar-refractivity contribution in [3.05, 3.63) is 60.2 Å². The number of nitrogens with one attached hydrogen (secondary N) is 1. The fourth-order valence-electron chi connectivity index (χ4n) is 1.85. The largest absolute Gasteiger partial charge is 0.491 e. The molecule has 2 aromatic rings. The summed E-state index contributed by atoms with van der Waals surface area (Å²) >= 11 is 0. The molecule has 0 aliphatic carbocycles. The molecule has 0 aromatic heterocycles. The van der Waals surface area contributed by atoms with Crippen molar-refractivity contribution in [2.75, 3.05) is 18.5 Å². The van der Waals surface area contributed by atoms with Crippen LogP contribution >= 0.6 is 12.4 Å². The molecule has 0 heterocycles. The van der Waals surface area contributed by atoms with Crippen molar-refractivity contribution in [1.82, 2.24) is 0 Å². The second kappa shape index (κ2) is 9.27. The van der Waals surface area contributed by atoms with E-state index in [9.17, 15) is 5.11 Å². The van der Waals surface area contributed by atoms with Crippen LogP contribution in [0, 0.1) is 6.92 Å². The molecule has 0 saturated carbocycles. The first-order valence-corrected chi connectivity index (χ1v) is 6.90. The Morgan fingerprint density at radius 2 is 1.71 bits per heavy atom. The Hall–Kier alpha value is -1.71. The Morgan fingerprint density at radius 1 is 1.05 bits per heavy atom. The number of aryl methyl sites for hydroxylation is 1. The van der Waals surface area contributed by atoms with Gasteiger partial charge >= 0.3 is 0 Å². The molecule has 114 valence electrons. The molecular formula is C17H22ClNO2. The van der Waals surface area contributed by atoms with Gasteiger partial charge in [0.25, 0.3) is 0 Å². The first-order valence-electron chi connectivity index (χ1n) is 6.90. The van der Waals surface area contributed by atoms with Gasteiger partial charge in [-0.05, 0) is 37.6 Å². The zero-order valence-electron chi connectivity index (χ0n) is 12.2. The molecule has 21 heavy (non-hydrogen) atoms. The van der Waals surface area contributed by atoms with Crippen LogP contribution in [0.3, 0.4) is 0 Å². The Kier molecular flexibility index (Phi) is 7.65. The summed E-state index contributed by atoms with van der Waals surface area (Å²) < 4.78 is 5.55. The minimum absolute atomic E-state index is 0. The molecule has 0 radical (unpaired) electrons. The minimum atomic E-state index is -0.465. The van der Waals surface area contributed by atoms with E-state index in [2.05, 4.69) is 5.32 Å². The van der Waals surface area contributed by atoms with Gasteiger partial charge in [0.2, 0.25) is 0 Å². The van der Waals surface area contributed by atoms with E-state index in [4.69, 9.17) is 4.74 Å². The van der Waals surface area contributed by atoms with Crippen molar-refractivity contribution in [3.63, 3.8) is 0 Å². The second-order valence-corrected chi connectivity index (χ2v) is 4.86. The van der Waals surface area contributed by atoms with Gasteiger partial charge in [0.05, 0.1) is 6.10 Å². The Morgan fingerprint density at radius 3 is 2.38 bits per heavy atom. The van der Waals surface area contributed by atoms with Crippen molar-refractivity contribution in [1.29, 1.82) is 0 Å². The predicted molar refractivity (Wildman–Crippen MR) is 89.5 cm³/mol. The minimum Gasteiger partial charge on any atom is -0.491 e. The number of rotatable bonds is 7. The lowest BCUT2D eigenvalue weighted by atomic mass is 10.2. The fraction of sp³-hybridized carbons (Fsp3) is 0.294. The molecule has 3 nitrogen and oxygen atoms in total. The normalized spacial score (nSPS) is 11.3. The van der Waals surface area contributed by atoms with Crippen molar-refractivity contribution < 1.29 is 9.84 Å². The molecule has 0 fully saturated rings. The summed E-state index contributed by atoms with van der Waals surface area (Å²) in [5.74, 6) is 0.797. The van der Waals surface area contributed by atoms with Gasteiger partial charge in [0, 0.05) is 12.2 Å². The molecule has 0 spiro atoms. The summed E-state index contributed by atoms with van der Waals surface area (Å²) in [6.07, 6.45) is 0.188. The zero-order valence-corrected chi connectivity index (χ0v) is 13.0. The standard InChI is InChI=1S/C17H21NO2.ClH/c1-14-7-9-17(10-8-14)20-13-16(19)11-12-18-15-5-3-2-4-6-15;/h2-10,16,18-19H,11-13H2,1H3;1H. The summed E-state index contributed by atoms with van der Waals surface area (Å²) in [6, 6.07) is 17.8. The maximum atomic E-state index is 9.88. The molecule has 2 N–H and O–H groups in total. The number of anilines is 1. The molecule has 0 bridgehead atoms. The summed E-state index contributed by atoms with van der Waals surface area (Å²) in [4.78, 5) is 0. The smallest absolute Gasteiger partial charge is 0.119 e. The van der Waals surface area contributed by atoms with Gasteiger partial charge < -0.3 is 15.2 Å². The molecular weight excluding hydrogens is 286 g/mol. The summed E-state index contributed by atoms with van der Waals surface area (Å²) in [7, 11) is 0. The van der Waals surface area contributed by atoms with Crippen LogP contribution in [0.4, 0.5) is 5.69 Å². The number of benzene rings is 2. The molecule has 4 heteroatoms. The Bertz CT molecular complexity index is 502. The van der Waals surface area contributed by atoms with E-state index >= 15 is 0 Å². The highest BCUT2D eigenvalue weighted by atomic mass is 35.5. The molecule has 0 aliphatic heterocycles. The third kappa shape index (κ3) is 6.52. The van der Waals surface area contributed by atoms with Crippen molar-refractivity contribution in [2.24, 2.45) is 0 Å². The van der Waals surface area contributed by atoms with Crippen LogP contribution in [-0.4, -0.2) is 24.4 Å². The molecule has 1 atom stereocenters. The van der Waals surface area contributed by atoms with Crippen molar-refractivity contribution in [3.8, 4) is 5.75 Å². The average Bonchev–Trinajstić information content (AvgIpc) is 2.48. The number of hydrogen-bond acceptors (Lipinski definition) is 3. The third-order valence-corrected chi connectivity index (χ3v) is 3.04. The van der Waals surface area contributed by atoms with Gasteiger partial charge in [0.15, 0.2) is 0 Å². The predicted octanol–water partition coefficient (Wildman–Crippen LogP) is 3.66. The van der Waals surface area contributed by atoms with E-state index in [1.807, 2.05) is 61.5 Å². The second-order valence-electron chi connectivity index (χ2n) is 4.86. The molecule has 1 unspecified atom stereocenters. The van der Waals surface area contributed by atoms with E-state index < -0.39 is 6.10 Å². The van der Waals surface area contributed by atoms with Crippen LogP contribution in [0.1, 0.15) is 12.0 Å². The van der Waals surface area contributed by atoms with Gasteiger partial charge in [-0.25, -0.2) is 0 Å². The highest BCUT2D eigenvalue weighted by Crippen LogP contribution is 2.12. The maximum absolute atomic E-state index is 9.88. The number of aliphatic hydroxyl groups excluding tert-OH is 1.